The highest BCUT2D eigenvalue weighted by atomic mass is 16.1. The van der Waals surface area contributed by atoms with E-state index in [0.29, 0.717) is 6.41 Å². The van der Waals surface area contributed by atoms with Gasteiger partial charge in [-0.1, -0.05) is 20.8 Å². The van der Waals surface area contributed by atoms with Gasteiger partial charge in [0.15, 0.2) is 0 Å². The average molecular weight is 275 g/mol. The Bertz CT molecular complexity index is 170. The molecule has 0 spiro atoms. The Balaban J connectivity index is -0.000000207. The molecule has 19 heavy (non-hydrogen) atoms. The summed E-state index contributed by atoms with van der Waals surface area (Å²) in [5, 5.41) is 2.52. The summed E-state index contributed by atoms with van der Waals surface area (Å²) < 4.78 is 0. The minimum atomic E-state index is 0.250. The summed E-state index contributed by atoms with van der Waals surface area (Å²) in [6, 6.07) is 0.775. The van der Waals surface area contributed by atoms with E-state index < -0.39 is 0 Å². The third-order valence-corrected chi connectivity index (χ3v) is 2.35. The third-order valence-electron chi connectivity index (χ3n) is 2.35. The highest BCUT2D eigenvalue weighted by Gasteiger charge is 2.13. The topological polar surface area (TPSA) is 75.4 Å². The van der Waals surface area contributed by atoms with E-state index in [1.165, 1.54) is 25.9 Å². The first-order chi connectivity index (χ1) is 9.13. The van der Waals surface area contributed by atoms with Crippen molar-refractivity contribution in [1.29, 1.82) is 0 Å². The van der Waals surface area contributed by atoms with Gasteiger partial charge in [-0.3, -0.25) is 9.59 Å². The van der Waals surface area contributed by atoms with Gasteiger partial charge in [0, 0.05) is 12.6 Å². The van der Waals surface area contributed by atoms with Crippen molar-refractivity contribution in [3.05, 3.63) is 0 Å². The highest BCUT2D eigenvalue weighted by Crippen LogP contribution is 2.09. The van der Waals surface area contributed by atoms with Crippen molar-refractivity contribution < 1.29 is 9.59 Å². The van der Waals surface area contributed by atoms with Crippen LogP contribution in [0.25, 0.3) is 0 Å². The number of primary amides is 1. The highest BCUT2D eigenvalue weighted by molar-refractivity contribution is 5.45. The second-order valence-corrected chi connectivity index (χ2v) is 4.04. The Labute approximate surface area is 118 Å². The number of carbonyl (C=O) groups is 2. The molecule has 1 aliphatic heterocycles. The molecule has 0 aliphatic carbocycles. The van der Waals surface area contributed by atoms with Crippen LogP contribution in [-0.4, -0.2) is 43.4 Å². The number of likely N-dealkylation sites (tertiary alicyclic amines) is 1. The SMILES string of the molecule is CC.CC(C)N1CCCC1.CCCNC=O.NC=O. The Hall–Kier alpha value is -1.10. The van der Waals surface area contributed by atoms with Gasteiger partial charge in [0.2, 0.25) is 12.8 Å². The molecule has 3 N–H and O–H groups in total. The molecule has 116 valence electrons. The van der Waals surface area contributed by atoms with Crippen LogP contribution in [0.2, 0.25) is 0 Å². The van der Waals surface area contributed by atoms with Crippen LogP contribution in [0.5, 0.6) is 0 Å². The first-order valence-electron chi connectivity index (χ1n) is 7.20. The molecule has 2 amide bonds. The molecule has 1 rings (SSSR count). The molecule has 0 saturated carbocycles. The minimum Gasteiger partial charge on any atom is -0.372 e. The number of rotatable bonds is 4. The van der Waals surface area contributed by atoms with E-state index in [0.717, 1.165) is 19.0 Å². The zero-order valence-electron chi connectivity index (χ0n) is 13.3. The van der Waals surface area contributed by atoms with Gasteiger partial charge < -0.3 is 16.0 Å². The van der Waals surface area contributed by atoms with Gasteiger partial charge in [0.25, 0.3) is 0 Å². The third kappa shape index (κ3) is 22.5. The first-order valence-corrected chi connectivity index (χ1v) is 7.20. The van der Waals surface area contributed by atoms with E-state index in [1.807, 2.05) is 20.8 Å². The predicted molar refractivity (Wildman–Crippen MR) is 81.9 cm³/mol. The van der Waals surface area contributed by atoms with Crippen LogP contribution in [0, 0.1) is 0 Å². The monoisotopic (exact) mass is 275 g/mol. The van der Waals surface area contributed by atoms with Crippen molar-refractivity contribution in [2.75, 3.05) is 19.6 Å². The van der Waals surface area contributed by atoms with Crippen molar-refractivity contribution in [3.8, 4) is 0 Å². The summed E-state index contributed by atoms with van der Waals surface area (Å²) in [4.78, 5) is 20.6. The quantitative estimate of drug-likeness (QED) is 0.606. The number of hydrogen-bond acceptors (Lipinski definition) is 3. The molecule has 0 atom stereocenters. The van der Waals surface area contributed by atoms with Crippen LogP contribution in [0.4, 0.5) is 0 Å². The molecule has 0 bridgehead atoms. The standard InChI is InChI=1S/C7H15N.C4H9NO.C2H6.CH3NO/c1-7(2)8-5-3-4-6-8;1-2-3-5-4-6;1-2;2-1-3/h7H,3-6H2,1-2H3;4H,2-3H2,1H3,(H,5,6);1-2H3;1H,(H2,2,3). The van der Waals surface area contributed by atoms with Gasteiger partial charge in [-0.2, -0.15) is 0 Å². The maximum Gasteiger partial charge on any atom is 0.207 e. The average Bonchev–Trinajstić information content (AvgIpc) is 2.94. The molecular formula is C14H33N3O2. The predicted octanol–water partition coefficient (Wildman–Crippen LogP) is 1.76. The van der Waals surface area contributed by atoms with Crippen LogP contribution in [0.1, 0.15) is 53.9 Å². The zero-order valence-corrected chi connectivity index (χ0v) is 13.3. The molecule has 1 heterocycles. The fraction of sp³-hybridized carbons (Fsp3) is 0.857. The maximum absolute atomic E-state index is 9.45. The second kappa shape index (κ2) is 22.1. The van der Waals surface area contributed by atoms with E-state index in [-0.39, 0.29) is 6.41 Å². The number of carbonyl (C=O) groups excluding carboxylic acids is 2. The Kier molecular flexibility index (Phi) is 26.8. The molecule has 5 heteroatoms. The van der Waals surface area contributed by atoms with Crippen molar-refractivity contribution in [3.63, 3.8) is 0 Å². The lowest BCUT2D eigenvalue weighted by Crippen LogP contribution is -2.26. The lowest BCUT2D eigenvalue weighted by Gasteiger charge is -2.18. The molecule has 1 fully saturated rings. The summed E-state index contributed by atoms with van der Waals surface area (Å²) in [5.41, 5.74) is 4.17. The number of nitrogens with two attached hydrogens (primary N) is 1. The Morgan fingerprint density at radius 1 is 1.21 bits per heavy atom. The summed E-state index contributed by atoms with van der Waals surface area (Å²) in [6.07, 6.45) is 4.80. The number of nitrogens with zero attached hydrogens (tertiary/aromatic N) is 1. The fourth-order valence-corrected chi connectivity index (χ4v) is 1.46. The number of nitrogens with one attached hydrogen (secondary N) is 1. The zero-order chi connectivity index (χ0) is 15.5. The van der Waals surface area contributed by atoms with Crippen LogP contribution in [0.3, 0.4) is 0 Å². The van der Waals surface area contributed by atoms with Gasteiger partial charge in [-0.15, -0.1) is 0 Å². The summed E-state index contributed by atoms with van der Waals surface area (Å²) in [5.74, 6) is 0. The van der Waals surface area contributed by atoms with Crippen molar-refractivity contribution >= 4 is 12.8 Å². The van der Waals surface area contributed by atoms with Gasteiger partial charge >= 0.3 is 0 Å². The summed E-state index contributed by atoms with van der Waals surface area (Å²) >= 11 is 0. The lowest BCUT2D eigenvalue weighted by molar-refractivity contribution is -0.109. The van der Waals surface area contributed by atoms with Crippen LogP contribution in [0.15, 0.2) is 0 Å². The number of amides is 2. The van der Waals surface area contributed by atoms with Gasteiger partial charge in [-0.25, -0.2) is 0 Å². The maximum atomic E-state index is 9.45. The normalized spacial score (nSPS) is 12.9. The van der Waals surface area contributed by atoms with Gasteiger partial charge in [0.05, 0.1) is 0 Å². The summed E-state index contributed by atoms with van der Waals surface area (Å²) in [6.45, 7) is 14.0. The van der Waals surface area contributed by atoms with E-state index in [2.05, 4.69) is 29.8 Å². The molecule has 0 aromatic heterocycles. The van der Waals surface area contributed by atoms with Crippen molar-refractivity contribution in [1.82, 2.24) is 10.2 Å². The second-order valence-electron chi connectivity index (χ2n) is 4.04. The minimum absolute atomic E-state index is 0.250. The molecule has 0 aromatic rings. The summed E-state index contributed by atoms with van der Waals surface area (Å²) in [7, 11) is 0. The Morgan fingerprint density at radius 2 is 1.63 bits per heavy atom. The van der Waals surface area contributed by atoms with Crippen LogP contribution >= 0.6 is 0 Å². The van der Waals surface area contributed by atoms with E-state index >= 15 is 0 Å². The molecular weight excluding hydrogens is 242 g/mol. The van der Waals surface area contributed by atoms with Gasteiger partial charge in [-0.05, 0) is 46.2 Å². The lowest BCUT2D eigenvalue weighted by atomic mass is 10.3. The molecule has 1 saturated heterocycles. The van der Waals surface area contributed by atoms with Crippen LogP contribution < -0.4 is 11.1 Å². The van der Waals surface area contributed by atoms with Crippen LogP contribution in [-0.2, 0) is 9.59 Å². The molecule has 0 radical (unpaired) electrons. The fourth-order valence-electron chi connectivity index (χ4n) is 1.46. The molecule has 0 aromatic carbocycles. The van der Waals surface area contributed by atoms with Crippen molar-refractivity contribution in [2.45, 2.75) is 59.9 Å². The molecule has 1 aliphatic rings. The van der Waals surface area contributed by atoms with Gasteiger partial charge in [0.1, 0.15) is 0 Å². The largest absolute Gasteiger partial charge is 0.372 e. The Morgan fingerprint density at radius 3 is 1.79 bits per heavy atom. The molecule has 0 unspecified atom stereocenters. The number of hydrogen-bond donors (Lipinski definition) is 2. The first kappa shape index (κ1) is 23.0. The van der Waals surface area contributed by atoms with E-state index in [9.17, 15) is 4.79 Å². The van der Waals surface area contributed by atoms with E-state index in [1.54, 1.807) is 0 Å². The van der Waals surface area contributed by atoms with Crippen molar-refractivity contribution in [2.24, 2.45) is 5.73 Å². The molecule has 5 nitrogen and oxygen atoms in total. The van der Waals surface area contributed by atoms with E-state index in [4.69, 9.17) is 4.79 Å². The smallest absolute Gasteiger partial charge is 0.207 e.